The molecule has 0 aliphatic heterocycles. The molecule has 0 aliphatic carbocycles. The summed E-state index contributed by atoms with van der Waals surface area (Å²) in [6.07, 6.45) is 1.41. The fourth-order valence-corrected chi connectivity index (χ4v) is 1.51. The predicted molar refractivity (Wildman–Crippen MR) is 68.0 cm³/mol. The summed E-state index contributed by atoms with van der Waals surface area (Å²) in [6, 6.07) is 6.93. The average molecular weight is 266 g/mol. The van der Waals surface area contributed by atoms with Gasteiger partial charge in [-0.3, -0.25) is 9.78 Å². The van der Waals surface area contributed by atoms with Gasteiger partial charge in [-0.15, -0.1) is 0 Å². The highest BCUT2D eigenvalue weighted by Crippen LogP contribution is 2.19. The molecule has 3 N–H and O–H groups in total. The topological polar surface area (TPSA) is 68.0 Å². The summed E-state index contributed by atoms with van der Waals surface area (Å²) in [5.74, 6) is -1.15. The molecular weight excluding hydrogens is 257 g/mol. The zero-order chi connectivity index (χ0) is 13.1. The lowest BCUT2D eigenvalue weighted by atomic mass is 10.2. The molecule has 0 radical (unpaired) electrons. The van der Waals surface area contributed by atoms with Gasteiger partial charge in [-0.1, -0.05) is 11.6 Å². The van der Waals surface area contributed by atoms with Gasteiger partial charge in [-0.25, -0.2) is 4.39 Å². The minimum absolute atomic E-state index is 0.0358. The summed E-state index contributed by atoms with van der Waals surface area (Å²) in [4.78, 5) is 15.6. The minimum atomic E-state index is -0.611. The first kappa shape index (κ1) is 12.3. The molecule has 0 unspecified atom stereocenters. The third-order valence-electron chi connectivity index (χ3n) is 2.20. The number of nitrogens with two attached hydrogens (primary N) is 1. The smallest absolute Gasteiger partial charge is 0.274 e. The lowest BCUT2D eigenvalue weighted by Crippen LogP contribution is -2.14. The van der Waals surface area contributed by atoms with Crippen molar-refractivity contribution in [2.24, 2.45) is 0 Å². The maximum atomic E-state index is 13.5. The van der Waals surface area contributed by atoms with Crippen molar-refractivity contribution < 1.29 is 9.18 Å². The monoisotopic (exact) mass is 265 g/mol. The van der Waals surface area contributed by atoms with Crippen LogP contribution in [-0.4, -0.2) is 10.9 Å². The molecule has 0 atom stereocenters. The van der Waals surface area contributed by atoms with Gasteiger partial charge in [0, 0.05) is 16.9 Å². The number of aromatic nitrogens is 1. The Morgan fingerprint density at radius 2 is 2.11 bits per heavy atom. The summed E-state index contributed by atoms with van der Waals surface area (Å²) in [5.41, 5.74) is 6.09. The van der Waals surface area contributed by atoms with E-state index in [0.717, 1.165) is 6.07 Å². The molecule has 1 aromatic carbocycles. The van der Waals surface area contributed by atoms with Crippen molar-refractivity contribution in [3.63, 3.8) is 0 Å². The number of pyridine rings is 1. The van der Waals surface area contributed by atoms with Gasteiger partial charge in [0.05, 0.1) is 5.69 Å². The van der Waals surface area contributed by atoms with E-state index in [2.05, 4.69) is 10.3 Å². The van der Waals surface area contributed by atoms with Crippen LogP contribution in [0.2, 0.25) is 5.02 Å². The van der Waals surface area contributed by atoms with Gasteiger partial charge in [-0.05, 0) is 30.3 Å². The van der Waals surface area contributed by atoms with Crippen LogP contribution in [0.25, 0.3) is 0 Å². The Morgan fingerprint density at radius 1 is 1.33 bits per heavy atom. The number of anilines is 2. The third-order valence-corrected chi connectivity index (χ3v) is 2.43. The van der Waals surface area contributed by atoms with Crippen molar-refractivity contribution in [3.05, 3.63) is 53.1 Å². The molecule has 0 bridgehead atoms. The number of benzene rings is 1. The SMILES string of the molecule is Nc1ccnc(C(=O)Nc2ccc(Cl)cc2F)c1. The first-order valence-corrected chi connectivity index (χ1v) is 5.42. The van der Waals surface area contributed by atoms with Gasteiger partial charge in [0.1, 0.15) is 11.5 Å². The normalized spacial score (nSPS) is 10.1. The predicted octanol–water partition coefficient (Wildman–Crippen LogP) is 2.71. The number of carbonyl (C=O) groups is 1. The summed E-state index contributed by atoms with van der Waals surface area (Å²) in [6.45, 7) is 0. The zero-order valence-electron chi connectivity index (χ0n) is 9.15. The van der Waals surface area contributed by atoms with Crippen LogP contribution >= 0.6 is 11.6 Å². The fourth-order valence-electron chi connectivity index (χ4n) is 1.35. The third kappa shape index (κ3) is 2.75. The highest BCUT2D eigenvalue weighted by Gasteiger charge is 2.10. The van der Waals surface area contributed by atoms with E-state index in [0.29, 0.717) is 5.69 Å². The van der Waals surface area contributed by atoms with E-state index in [1.807, 2.05) is 0 Å². The van der Waals surface area contributed by atoms with Gasteiger partial charge >= 0.3 is 0 Å². The number of carbonyl (C=O) groups excluding carboxylic acids is 1. The summed E-state index contributed by atoms with van der Waals surface area (Å²) in [7, 11) is 0. The van der Waals surface area contributed by atoms with Crippen LogP contribution < -0.4 is 11.1 Å². The summed E-state index contributed by atoms with van der Waals surface area (Å²) in [5, 5.41) is 2.65. The molecule has 0 aliphatic rings. The Hall–Kier alpha value is -2.14. The van der Waals surface area contributed by atoms with Crippen molar-refractivity contribution in [1.29, 1.82) is 0 Å². The van der Waals surface area contributed by atoms with Gasteiger partial charge < -0.3 is 11.1 Å². The zero-order valence-corrected chi connectivity index (χ0v) is 9.91. The Kier molecular flexibility index (Phi) is 3.43. The van der Waals surface area contributed by atoms with Gasteiger partial charge in [0.25, 0.3) is 5.91 Å². The van der Waals surface area contributed by atoms with E-state index in [4.69, 9.17) is 17.3 Å². The van der Waals surface area contributed by atoms with Crippen LogP contribution in [0.3, 0.4) is 0 Å². The number of amides is 1. The second-order valence-electron chi connectivity index (χ2n) is 3.55. The summed E-state index contributed by atoms with van der Waals surface area (Å²) < 4.78 is 13.5. The van der Waals surface area contributed by atoms with Crippen LogP contribution in [0.1, 0.15) is 10.5 Å². The second-order valence-corrected chi connectivity index (χ2v) is 3.99. The molecule has 4 nitrogen and oxygen atoms in total. The number of nitrogen functional groups attached to an aromatic ring is 1. The molecule has 0 saturated carbocycles. The number of nitrogens with one attached hydrogen (secondary N) is 1. The quantitative estimate of drug-likeness (QED) is 0.877. The Morgan fingerprint density at radius 3 is 2.78 bits per heavy atom. The molecule has 0 spiro atoms. The van der Waals surface area contributed by atoms with E-state index in [1.54, 1.807) is 6.07 Å². The molecule has 0 saturated heterocycles. The molecule has 1 aromatic heterocycles. The van der Waals surface area contributed by atoms with Gasteiger partial charge in [0.15, 0.2) is 0 Å². The molecule has 1 amide bonds. The highest BCUT2D eigenvalue weighted by atomic mass is 35.5. The standard InChI is InChI=1S/C12H9ClFN3O/c13-7-1-2-10(9(14)5-7)17-12(18)11-6-8(15)3-4-16-11/h1-6H,(H2,15,16)(H,17,18). The van der Waals surface area contributed by atoms with E-state index in [1.165, 1.54) is 24.4 Å². The van der Waals surface area contributed by atoms with Crippen molar-refractivity contribution in [2.75, 3.05) is 11.1 Å². The van der Waals surface area contributed by atoms with Gasteiger partial charge in [-0.2, -0.15) is 0 Å². The molecule has 18 heavy (non-hydrogen) atoms. The number of halogens is 2. The van der Waals surface area contributed by atoms with Crippen LogP contribution in [0.15, 0.2) is 36.5 Å². The molecule has 2 aromatic rings. The average Bonchev–Trinajstić information content (AvgIpc) is 2.32. The first-order valence-electron chi connectivity index (χ1n) is 5.04. The molecule has 1 heterocycles. The summed E-state index contributed by atoms with van der Waals surface area (Å²) >= 11 is 5.61. The van der Waals surface area contributed by atoms with Crippen molar-refractivity contribution >= 4 is 28.9 Å². The van der Waals surface area contributed by atoms with Crippen molar-refractivity contribution in [1.82, 2.24) is 4.98 Å². The minimum Gasteiger partial charge on any atom is -0.399 e. The molecule has 0 fully saturated rings. The molecule has 92 valence electrons. The van der Waals surface area contributed by atoms with Crippen LogP contribution in [0, 0.1) is 5.82 Å². The van der Waals surface area contributed by atoms with E-state index in [9.17, 15) is 9.18 Å². The lowest BCUT2D eigenvalue weighted by Gasteiger charge is -2.06. The van der Waals surface area contributed by atoms with Crippen molar-refractivity contribution in [3.8, 4) is 0 Å². The van der Waals surface area contributed by atoms with Crippen LogP contribution in [-0.2, 0) is 0 Å². The van der Waals surface area contributed by atoms with E-state index < -0.39 is 11.7 Å². The van der Waals surface area contributed by atoms with Crippen LogP contribution in [0.5, 0.6) is 0 Å². The number of hydrogen-bond acceptors (Lipinski definition) is 3. The molecule has 2 rings (SSSR count). The fraction of sp³-hybridized carbons (Fsp3) is 0. The highest BCUT2D eigenvalue weighted by molar-refractivity contribution is 6.30. The van der Waals surface area contributed by atoms with Crippen LogP contribution in [0.4, 0.5) is 15.8 Å². The van der Waals surface area contributed by atoms with E-state index in [-0.39, 0.29) is 16.4 Å². The van der Waals surface area contributed by atoms with Gasteiger partial charge in [0.2, 0.25) is 0 Å². The van der Waals surface area contributed by atoms with Crippen molar-refractivity contribution in [2.45, 2.75) is 0 Å². The maximum absolute atomic E-state index is 13.5. The Labute approximate surface area is 108 Å². The maximum Gasteiger partial charge on any atom is 0.274 e. The van der Waals surface area contributed by atoms with E-state index >= 15 is 0 Å². The first-order chi connectivity index (χ1) is 8.56. The Bertz CT molecular complexity index is 604. The number of hydrogen-bond donors (Lipinski definition) is 2. The number of nitrogens with zero attached hydrogens (tertiary/aromatic N) is 1. The lowest BCUT2D eigenvalue weighted by molar-refractivity contribution is 0.102. The Balaban J connectivity index is 2.21. The largest absolute Gasteiger partial charge is 0.399 e. The second kappa shape index (κ2) is 5.01. The molecular formula is C12H9ClFN3O. The molecule has 6 heteroatoms. The number of rotatable bonds is 2.